The van der Waals surface area contributed by atoms with Gasteiger partial charge in [0.1, 0.15) is 5.82 Å². The minimum Gasteiger partial charge on any atom is -0.478 e. The highest BCUT2D eigenvalue weighted by molar-refractivity contribution is 6.18. The maximum Gasteiger partial charge on any atom is 0.335 e. The van der Waals surface area contributed by atoms with Crippen molar-refractivity contribution in [3.05, 3.63) is 29.6 Å². The highest BCUT2D eigenvalue weighted by Gasteiger charge is 2.30. The number of hydrogen-bond donors (Lipinski definition) is 1. The summed E-state index contributed by atoms with van der Waals surface area (Å²) >= 11 is 5.69. The standard InChI is InChI=1S/C12H11ClFNO3/c13-5-7-1-11(16)15(6-7)10-3-8(12(17)18)2-9(14)4-10/h2-4,7H,1,5-6H2,(H,17,18). The molecule has 1 amide bonds. The van der Waals surface area contributed by atoms with Crippen LogP contribution >= 0.6 is 11.6 Å². The zero-order valence-electron chi connectivity index (χ0n) is 9.40. The third-order valence-corrected chi connectivity index (χ3v) is 3.30. The molecule has 1 atom stereocenters. The van der Waals surface area contributed by atoms with E-state index < -0.39 is 11.8 Å². The SMILES string of the molecule is O=C(O)c1cc(F)cc(N2CC(CCl)CC2=O)c1. The molecule has 4 nitrogen and oxygen atoms in total. The van der Waals surface area contributed by atoms with Crippen LogP contribution in [0.5, 0.6) is 0 Å². The van der Waals surface area contributed by atoms with Gasteiger partial charge in [0, 0.05) is 24.5 Å². The largest absolute Gasteiger partial charge is 0.478 e. The molecule has 1 aromatic rings. The zero-order valence-corrected chi connectivity index (χ0v) is 10.2. The van der Waals surface area contributed by atoms with Crippen LogP contribution in [0.4, 0.5) is 10.1 Å². The minimum atomic E-state index is -1.23. The molecule has 1 saturated heterocycles. The molecular weight excluding hydrogens is 261 g/mol. The Morgan fingerprint density at radius 2 is 2.22 bits per heavy atom. The summed E-state index contributed by atoms with van der Waals surface area (Å²) in [5, 5.41) is 8.85. The molecule has 0 aromatic heterocycles. The molecule has 96 valence electrons. The van der Waals surface area contributed by atoms with Crippen molar-refractivity contribution in [2.45, 2.75) is 6.42 Å². The molecule has 1 N–H and O–H groups in total. The van der Waals surface area contributed by atoms with Gasteiger partial charge < -0.3 is 10.0 Å². The molecule has 0 spiro atoms. The topological polar surface area (TPSA) is 57.6 Å². The van der Waals surface area contributed by atoms with E-state index in [1.54, 1.807) is 0 Å². The Bertz CT molecular complexity index is 506. The smallest absolute Gasteiger partial charge is 0.335 e. The summed E-state index contributed by atoms with van der Waals surface area (Å²) in [6, 6.07) is 3.37. The summed E-state index contributed by atoms with van der Waals surface area (Å²) in [5.74, 6) is -1.69. The zero-order chi connectivity index (χ0) is 13.3. The van der Waals surface area contributed by atoms with Crippen molar-refractivity contribution >= 4 is 29.2 Å². The van der Waals surface area contributed by atoms with Crippen LogP contribution in [-0.4, -0.2) is 29.4 Å². The molecule has 0 bridgehead atoms. The van der Waals surface area contributed by atoms with E-state index in [9.17, 15) is 14.0 Å². The number of benzene rings is 1. The number of alkyl halides is 1. The van der Waals surface area contributed by atoms with E-state index in [0.717, 1.165) is 12.1 Å². The molecule has 18 heavy (non-hydrogen) atoms. The van der Waals surface area contributed by atoms with Crippen molar-refractivity contribution in [2.75, 3.05) is 17.3 Å². The van der Waals surface area contributed by atoms with Gasteiger partial charge in [-0.1, -0.05) is 0 Å². The number of carbonyl (C=O) groups excluding carboxylic acids is 1. The van der Waals surface area contributed by atoms with E-state index in [4.69, 9.17) is 16.7 Å². The fourth-order valence-corrected chi connectivity index (χ4v) is 2.19. The van der Waals surface area contributed by atoms with Gasteiger partial charge >= 0.3 is 5.97 Å². The number of carboxylic acids is 1. The van der Waals surface area contributed by atoms with Crippen LogP contribution in [-0.2, 0) is 4.79 Å². The normalized spacial score (nSPS) is 19.3. The molecule has 0 aliphatic carbocycles. The van der Waals surface area contributed by atoms with Gasteiger partial charge in [0.2, 0.25) is 5.91 Å². The van der Waals surface area contributed by atoms with Gasteiger partial charge in [-0.2, -0.15) is 0 Å². The lowest BCUT2D eigenvalue weighted by molar-refractivity contribution is -0.117. The average molecular weight is 272 g/mol. The summed E-state index contributed by atoms with van der Waals surface area (Å²) in [7, 11) is 0. The number of carboxylic acid groups (broad SMARTS) is 1. The van der Waals surface area contributed by atoms with Crippen LogP contribution < -0.4 is 4.90 Å². The highest BCUT2D eigenvalue weighted by atomic mass is 35.5. The predicted octanol–water partition coefficient (Wildman–Crippen LogP) is 2.12. The first-order valence-corrected chi connectivity index (χ1v) is 5.95. The second kappa shape index (κ2) is 4.94. The van der Waals surface area contributed by atoms with Crippen molar-refractivity contribution in [1.29, 1.82) is 0 Å². The van der Waals surface area contributed by atoms with Crippen LogP contribution in [0, 0.1) is 11.7 Å². The fraction of sp³-hybridized carbons (Fsp3) is 0.333. The number of hydrogen-bond acceptors (Lipinski definition) is 2. The Balaban J connectivity index is 2.34. The summed E-state index contributed by atoms with van der Waals surface area (Å²) < 4.78 is 13.3. The summed E-state index contributed by atoms with van der Waals surface area (Å²) in [6.07, 6.45) is 0.308. The Morgan fingerprint density at radius 1 is 1.50 bits per heavy atom. The Morgan fingerprint density at radius 3 is 2.78 bits per heavy atom. The second-order valence-electron chi connectivity index (χ2n) is 4.23. The second-order valence-corrected chi connectivity index (χ2v) is 4.54. The van der Waals surface area contributed by atoms with E-state index in [0.29, 0.717) is 18.8 Å². The first-order valence-electron chi connectivity index (χ1n) is 5.41. The molecule has 1 heterocycles. The lowest BCUT2D eigenvalue weighted by Crippen LogP contribution is -2.25. The molecule has 0 radical (unpaired) electrons. The molecule has 1 aliphatic rings. The third-order valence-electron chi connectivity index (χ3n) is 2.86. The average Bonchev–Trinajstić information content (AvgIpc) is 2.69. The molecule has 6 heteroatoms. The molecule has 0 saturated carbocycles. The van der Waals surface area contributed by atoms with Crippen molar-refractivity contribution < 1.29 is 19.1 Å². The number of anilines is 1. The molecule has 1 aliphatic heterocycles. The van der Waals surface area contributed by atoms with Crippen LogP contribution in [0.2, 0.25) is 0 Å². The van der Waals surface area contributed by atoms with Crippen molar-refractivity contribution in [1.82, 2.24) is 0 Å². The lowest BCUT2D eigenvalue weighted by atomic mass is 10.1. The predicted molar refractivity (Wildman–Crippen MR) is 64.5 cm³/mol. The van der Waals surface area contributed by atoms with Gasteiger partial charge in [-0.15, -0.1) is 11.6 Å². The first kappa shape index (κ1) is 12.8. The molecule has 1 fully saturated rings. The van der Waals surface area contributed by atoms with E-state index in [2.05, 4.69) is 0 Å². The number of halogens is 2. The Hall–Kier alpha value is -1.62. The number of rotatable bonds is 3. The fourth-order valence-electron chi connectivity index (χ4n) is 1.99. The summed E-state index contributed by atoms with van der Waals surface area (Å²) in [5.41, 5.74) is 0.0946. The van der Waals surface area contributed by atoms with Crippen molar-refractivity contribution in [3.63, 3.8) is 0 Å². The Labute approximate surface area is 108 Å². The van der Waals surface area contributed by atoms with Crippen LogP contribution in [0.15, 0.2) is 18.2 Å². The van der Waals surface area contributed by atoms with E-state index in [-0.39, 0.29) is 23.1 Å². The van der Waals surface area contributed by atoms with Gasteiger partial charge in [0.05, 0.1) is 5.56 Å². The summed E-state index contributed by atoms with van der Waals surface area (Å²) in [4.78, 5) is 23.9. The number of carbonyl (C=O) groups is 2. The van der Waals surface area contributed by atoms with Gasteiger partial charge in [-0.05, 0) is 24.1 Å². The minimum absolute atomic E-state index is 0.0238. The van der Waals surface area contributed by atoms with E-state index >= 15 is 0 Å². The maximum absolute atomic E-state index is 13.3. The van der Waals surface area contributed by atoms with Gasteiger partial charge in [-0.3, -0.25) is 4.79 Å². The molecule has 2 rings (SSSR count). The van der Waals surface area contributed by atoms with Gasteiger partial charge in [0.15, 0.2) is 0 Å². The van der Waals surface area contributed by atoms with Gasteiger partial charge in [-0.25, -0.2) is 9.18 Å². The maximum atomic E-state index is 13.3. The van der Waals surface area contributed by atoms with E-state index in [1.807, 2.05) is 0 Å². The van der Waals surface area contributed by atoms with Crippen LogP contribution in [0.25, 0.3) is 0 Å². The van der Waals surface area contributed by atoms with E-state index in [1.165, 1.54) is 11.0 Å². The van der Waals surface area contributed by atoms with Crippen LogP contribution in [0.1, 0.15) is 16.8 Å². The monoisotopic (exact) mass is 271 g/mol. The first-order chi connectivity index (χ1) is 8.51. The molecular formula is C12H11ClFNO3. The lowest BCUT2D eigenvalue weighted by Gasteiger charge is -2.17. The van der Waals surface area contributed by atoms with Crippen LogP contribution in [0.3, 0.4) is 0 Å². The quantitative estimate of drug-likeness (QED) is 0.857. The summed E-state index contributed by atoms with van der Waals surface area (Å²) in [6.45, 7) is 0.394. The third kappa shape index (κ3) is 2.46. The molecule has 1 unspecified atom stereocenters. The number of amides is 1. The van der Waals surface area contributed by atoms with Gasteiger partial charge in [0.25, 0.3) is 0 Å². The molecule has 1 aromatic carbocycles. The van der Waals surface area contributed by atoms with Crippen molar-refractivity contribution in [2.24, 2.45) is 5.92 Å². The number of aromatic carboxylic acids is 1. The van der Waals surface area contributed by atoms with Crippen molar-refractivity contribution in [3.8, 4) is 0 Å². The number of nitrogens with zero attached hydrogens (tertiary/aromatic N) is 1. The highest BCUT2D eigenvalue weighted by Crippen LogP contribution is 2.27. The Kier molecular flexibility index (Phi) is 3.52.